The van der Waals surface area contributed by atoms with E-state index in [9.17, 15) is 13.2 Å². The zero-order valence-electron chi connectivity index (χ0n) is 11.5. The van der Waals surface area contributed by atoms with E-state index in [2.05, 4.69) is 5.32 Å². The Morgan fingerprint density at radius 1 is 1.35 bits per heavy atom. The number of benzene rings is 1. The fourth-order valence-electron chi connectivity index (χ4n) is 2.37. The van der Waals surface area contributed by atoms with Gasteiger partial charge in [0.25, 0.3) is 15.0 Å². The molecule has 1 amide bonds. The molecule has 6 heteroatoms. The number of nitrogens with one attached hydrogen (secondary N) is 1. The molecule has 0 aliphatic heterocycles. The smallest absolute Gasteiger partial charge is 0.261 e. The summed E-state index contributed by atoms with van der Waals surface area (Å²) >= 11 is 0. The number of hydrogen-bond acceptors (Lipinski definition) is 3. The molecular weight excluding hydrogens is 298 g/mol. The Bertz CT molecular complexity index is 623. The SMILES string of the molecule is Cc1cc(C(=O)NC(C)C2CCC2)cc(S(=O)(=O)Cl)c1. The van der Waals surface area contributed by atoms with E-state index in [-0.39, 0.29) is 16.8 Å². The predicted octanol–water partition coefficient (Wildman–Crippen LogP) is 2.84. The van der Waals surface area contributed by atoms with Gasteiger partial charge in [0.1, 0.15) is 0 Å². The van der Waals surface area contributed by atoms with Crippen molar-refractivity contribution in [2.45, 2.75) is 44.0 Å². The Labute approximate surface area is 123 Å². The van der Waals surface area contributed by atoms with Crippen LogP contribution in [0.15, 0.2) is 23.1 Å². The van der Waals surface area contributed by atoms with Crippen molar-refractivity contribution in [3.63, 3.8) is 0 Å². The summed E-state index contributed by atoms with van der Waals surface area (Å²) in [4.78, 5) is 12.1. The van der Waals surface area contributed by atoms with Gasteiger partial charge in [-0.15, -0.1) is 0 Å². The highest BCUT2D eigenvalue weighted by atomic mass is 35.7. The molecule has 0 saturated heterocycles. The molecule has 1 unspecified atom stereocenters. The highest BCUT2D eigenvalue weighted by Gasteiger charge is 2.25. The third-order valence-corrected chi connectivity index (χ3v) is 5.14. The second-order valence-corrected chi connectivity index (χ2v) is 7.99. The van der Waals surface area contributed by atoms with Crippen molar-refractivity contribution in [2.24, 2.45) is 5.92 Å². The molecule has 1 fully saturated rings. The van der Waals surface area contributed by atoms with Crippen LogP contribution in [0.5, 0.6) is 0 Å². The molecule has 4 nitrogen and oxygen atoms in total. The molecule has 110 valence electrons. The van der Waals surface area contributed by atoms with E-state index in [1.54, 1.807) is 13.0 Å². The minimum Gasteiger partial charge on any atom is -0.349 e. The number of carbonyl (C=O) groups is 1. The average molecular weight is 316 g/mol. The maximum Gasteiger partial charge on any atom is 0.261 e. The first-order valence-corrected chi connectivity index (χ1v) is 8.95. The van der Waals surface area contributed by atoms with Crippen LogP contribution < -0.4 is 5.32 Å². The lowest BCUT2D eigenvalue weighted by molar-refractivity contribution is 0.0909. The fraction of sp³-hybridized carbons (Fsp3) is 0.500. The molecule has 0 heterocycles. The molecular formula is C14H18ClNO3S. The topological polar surface area (TPSA) is 63.2 Å². The summed E-state index contributed by atoms with van der Waals surface area (Å²) in [6, 6.07) is 4.54. The lowest BCUT2D eigenvalue weighted by atomic mass is 9.80. The summed E-state index contributed by atoms with van der Waals surface area (Å²) in [6.45, 7) is 3.72. The van der Waals surface area contributed by atoms with Gasteiger partial charge in [-0.2, -0.15) is 0 Å². The van der Waals surface area contributed by atoms with Gasteiger partial charge in [0.05, 0.1) is 4.90 Å². The van der Waals surface area contributed by atoms with Crippen LogP contribution in [0.2, 0.25) is 0 Å². The number of halogens is 1. The quantitative estimate of drug-likeness (QED) is 0.869. The van der Waals surface area contributed by atoms with E-state index in [4.69, 9.17) is 10.7 Å². The number of hydrogen-bond donors (Lipinski definition) is 1. The summed E-state index contributed by atoms with van der Waals surface area (Å²) in [5.74, 6) is 0.273. The zero-order chi connectivity index (χ0) is 14.9. The molecule has 1 aromatic rings. The predicted molar refractivity (Wildman–Crippen MR) is 78.5 cm³/mol. The number of aryl methyl sites for hydroxylation is 1. The van der Waals surface area contributed by atoms with Gasteiger partial charge >= 0.3 is 0 Å². The highest BCUT2D eigenvalue weighted by Crippen LogP contribution is 2.29. The van der Waals surface area contributed by atoms with Crippen LogP contribution >= 0.6 is 10.7 Å². The molecule has 0 spiro atoms. The van der Waals surface area contributed by atoms with Gasteiger partial charge in [0.2, 0.25) is 0 Å². The van der Waals surface area contributed by atoms with Gasteiger partial charge in [-0.1, -0.05) is 6.42 Å². The lowest BCUT2D eigenvalue weighted by Crippen LogP contribution is -2.40. The fourth-order valence-corrected chi connectivity index (χ4v) is 3.23. The van der Waals surface area contributed by atoms with Crippen molar-refractivity contribution >= 4 is 25.6 Å². The number of rotatable bonds is 4. The minimum absolute atomic E-state index is 0.0411. The van der Waals surface area contributed by atoms with Crippen LogP contribution in [0.25, 0.3) is 0 Å². The first-order chi connectivity index (χ1) is 9.27. The molecule has 1 aliphatic rings. The maximum atomic E-state index is 12.2. The molecule has 0 radical (unpaired) electrons. The van der Waals surface area contributed by atoms with Crippen molar-refractivity contribution in [2.75, 3.05) is 0 Å². The second-order valence-electron chi connectivity index (χ2n) is 5.43. The van der Waals surface area contributed by atoms with Crippen molar-refractivity contribution in [3.05, 3.63) is 29.3 Å². The van der Waals surface area contributed by atoms with Crippen molar-refractivity contribution < 1.29 is 13.2 Å². The second kappa shape index (κ2) is 5.74. The molecule has 1 N–H and O–H groups in total. The Balaban J connectivity index is 2.19. The summed E-state index contributed by atoms with van der Waals surface area (Å²) in [5.41, 5.74) is 1.02. The molecule has 0 aromatic heterocycles. The first kappa shape index (κ1) is 15.3. The molecule has 1 saturated carbocycles. The van der Waals surface area contributed by atoms with Crippen LogP contribution in [0.1, 0.15) is 42.1 Å². The van der Waals surface area contributed by atoms with E-state index in [1.807, 2.05) is 6.92 Å². The van der Waals surface area contributed by atoms with Gasteiger partial charge in [0, 0.05) is 22.3 Å². The van der Waals surface area contributed by atoms with E-state index in [0.29, 0.717) is 17.0 Å². The monoisotopic (exact) mass is 315 g/mol. The normalized spacial score (nSPS) is 17.4. The molecule has 1 aliphatic carbocycles. The first-order valence-electron chi connectivity index (χ1n) is 6.64. The van der Waals surface area contributed by atoms with Crippen LogP contribution in [-0.2, 0) is 9.05 Å². The van der Waals surface area contributed by atoms with Crippen LogP contribution in [0.3, 0.4) is 0 Å². The Kier molecular flexibility index (Phi) is 4.39. The Morgan fingerprint density at radius 3 is 2.50 bits per heavy atom. The summed E-state index contributed by atoms with van der Waals surface area (Å²) < 4.78 is 22.8. The molecule has 0 bridgehead atoms. The standard InChI is InChI=1S/C14H18ClNO3S/c1-9-6-12(8-13(7-9)20(15,18)19)14(17)16-10(2)11-4-3-5-11/h6-8,10-11H,3-5H2,1-2H3,(H,16,17). The van der Waals surface area contributed by atoms with Gasteiger partial charge < -0.3 is 5.32 Å². The maximum absolute atomic E-state index is 12.2. The van der Waals surface area contributed by atoms with Crippen LogP contribution in [0, 0.1) is 12.8 Å². The Morgan fingerprint density at radius 2 is 2.00 bits per heavy atom. The largest absolute Gasteiger partial charge is 0.349 e. The molecule has 20 heavy (non-hydrogen) atoms. The van der Waals surface area contributed by atoms with Crippen molar-refractivity contribution in [3.8, 4) is 0 Å². The van der Waals surface area contributed by atoms with E-state index in [1.165, 1.54) is 18.6 Å². The Hall–Kier alpha value is -1.07. The summed E-state index contributed by atoms with van der Waals surface area (Å²) in [7, 11) is 1.51. The van der Waals surface area contributed by atoms with Gasteiger partial charge in [-0.05, 0) is 56.4 Å². The highest BCUT2D eigenvalue weighted by molar-refractivity contribution is 8.13. The van der Waals surface area contributed by atoms with Crippen LogP contribution in [-0.4, -0.2) is 20.4 Å². The van der Waals surface area contributed by atoms with E-state index < -0.39 is 9.05 Å². The van der Waals surface area contributed by atoms with Crippen molar-refractivity contribution in [1.29, 1.82) is 0 Å². The van der Waals surface area contributed by atoms with E-state index >= 15 is 0 Å². The van der Waals surface area contributed by atoms with E-state index in [0.717, 1.165) is 12.8 Å². The van der Waals surface area contributed by atoms with Crippen LogP contribution in [0.4, 0.5) is 0 Å². The molecule has 1 aromatic carbocycles. The summed E-state index contributed by atoms with van der Waals surface area (Å²) in [6.07, 6.45) is 3.48. The third kappa shape index (κ3) is 3.52. The third-order valence-electron chi connectivity index (χ3n) is 3.81. The number of carbonyl (C=O) groups excluding carboxylic acids is 1. The lowest BCUT2D eigenvalue weighted by Gasteiger charge is -2.31. The number of amides is 1. The average Bonchev–Trinajstić information content (AvgIpc) is 2.24. The molecule has 1 atom stereocenters. The zero-order valence-corrected chi connectivity index (χ0v) is 13.1. The van der Waals surface area contributed by atoms with Gasteiger partial charge in [0.15, 0.2) is 0 Å². The van der Waals surface area contributed by atoms with Gasteiger partial charge in [-0.3, -0.25) is 4.79 Å². The molecule has 2 rings (SSSR count). The van der Waals surface area contributed by atoms with Crippen molar-refractivity contribution in [1.82, 2.24) is 5.32 Å². The minimum atomic E-state index is -3.83. The summed E-state index contributed by atoms with van der Waals surface area (Å²) in [5, 5.41) is 2.93. The van der Waals surface area contributed by atoms with Gasteiger partial charge in [-0.25, -0.2) is 8.42 Å².